The number of hydrogen-bond donors (Lipinski definition) is 1. The number of aromatic nitrogens is 4. The normalized spacial score (nSPS) is 17.1. The summed E-state index contributed by atoms with van der Waals surface area (Å²) in [6.45, 7) is 1.81. The molecule has 1 aliphatic carbocycles. The zero-order chi connectivity index (χ0) is 19.0. The second kappa shape index (κ2) is 7.08. The van der Waals surface area contributed by atoms with Gasteiger partial charge in [-0.25, -0.2) is 0 Å². The summed E-state index contributed by atoms with van der Waals surface area (Å²) in [4.78, 5) is 16.9. The number of carbonyl (C=O) groups is 1. The zero-order valence-corrected chi connectivity index (χ0v) is 15.4. The van der Waals surface area contributed by atoms with E-state index < -0.39 is 0 Å². The molecular weight excluding hydrogens is 344 g/mol. The monoisotopic (exact) mass is 366 g/mol. The molecule has 0 bridgehead atoms. The van der Waals surface area contributed by atoms with Crippen molar-refractivity contribution in [3.8, 4) is 11.4 Å². The summed E-state index contributed by atoms with van der Waals surface area (Å²) in [7, 11) is 1.79. The van der Waals surface area contributed by atoms with E-state index in [1.807, 2.05) is 13.0 Å². The van der Waals surface area contributed by atoms with E-state index in [4.69, 9.17) is 4.52 Å². The van der Waals surface area contributed by atoms with Crippen molar-refractivity contribution in [1.82, 2.24) is 19.9 Å². The first-order chi connectivity index (χ1) is 13.1. The molecule has 1 aromatic carbocycles. The van der Waals surface area contributed by atoms with Crippen LogP contribution < -0.4 is 0 Å². The van der Waals surface area contributed by atoms with Gasteiger partial charge >= 0.3 is 0 Å². The molecule has 0 saturated heterocycles. The van der Waals surface area contributed by atoms with E-state index in [2.05, 4.69) is 27.4 Å². The van der Waals surface area contributed by atoms with Gasteiger partial charge in [-0.3, -0.25) is 9.48 Å². The Bertz CT molecular complexity index is 975. The maximum atomic E-state index is 12.6. The molecule has 0 spiro atoms. The topological polar surface area (TPSA) is 94.0 Å². The Morgan fingerprint density at radius 1 is 1.41 bits per heavy atom. The average Bonchev–Trinajstić information content (AvgIpc) is 3.40. The quantitative estimate of drug-likeness (QED) is 0.674. The molecule has 0 radical (unpaired) electrons. The lowest BCUT2D eigenvalue weighted by atomic mass is 9.94. The minimum atomic E-state index is -0.178. The lowest BCUT2D eigenvalue weighted by Gasteiger charge is -2.11. The van der Waals surface area contributed by atoms with Gasteiger partial charge in [-0.1, -0.05) is 24.2 Å². The Morgan fingerprint density at radius 2 is 2.26 bits per heavy atom. The fourth-order valence-electron chi connectivity index (χ4n) is 3.66. The van der Waals surface area contributed by atoms with Crippen molar-refractivity contribution in [3.05, 3.63) is 53.2 Å². The van der Waals surface area contributed by atoms with E-state index in [1.165, 1.54) is 11.1 Å². The number of fused-ring (bicyclic) bond motifs is 1. The number of aliphatic hydroxyl groups excluding tert-OH is 1. The van der Waals surface area contributed by atoms with Gasteiger partial charge in [0.05, 0.1) is 12.5 Å². The minimum Gasteiger partial charge on any atom is -0.396 e. The van der Waals surface area contributed by atoms with Crippen LogP contribution in [0, 0.1) is 0 Å². The van der Waals surface area contributed by atoms with Crippen molar-refractivity contribution < 1.29 is 14.4 Å². The molecule has 0 amide bonds. The van der Waals surface area contributed by atoms with Crippen LogP contribution in [-0.4, -0.2) is 37.4 Å². The highest BCUT2D eigenvalue weighted by molar-refractivity contribution is 5.95. The molecule has 2 heterocycles. The number of benzene rings is 1. The van der Waals surface area contributed by atoms with Crippen LogP contribution in [0.2, 0.25) is 0 Å². The number of rotatable bonds is 6. The van der Waals surface area contributed by atoms with Crippen molar-refractivity contribution in [3.63, 3.8) is 0 Å². The minimum absolute atomic E-state index is 0.0296. The highest BCUT2D eigenvalue weighted by Gasteiger charge is 2.27. The molecule has 1 N–H and O–H groups in total. The van der Waals surface area contributed by atoms with Gasteiger partial charge in [0.25, 0.3) is 0 Å². The van der Waals surface area contributed by atoms with Gasteiger partial charge in [0.15, 0.2) is 5.78 Å². The van der Waals surface area contributed by atoms with Gasteiger partial charge in [-0.2, -0.15) is 10.1 Å². The summed E-state index contributed by atoms with van der Waals surface area (Å²) in [5.74, 6) is 1.14. The summed E-state index contributed by atoms with van der Waals surface area (Å²) in [5, 5.41) is 17.3. The maximum Gasteiger partial charge on any atom is 0.232 e. The van der Waals surface area contributed by atoms with E-state index in [-0.39, 0.29) is 24.2 Å². The van der Waals surface area contributed by atoms with Gasteiger partial charge in [0, 0.05) is 25.2 Å². The second-order valence-corrected chi connectivity index (χ2v) is 7.16. The number of aryl methyl sites for hydroxylation is 2. The largest absolute Gasteiger partial charge is 0.396 e. The van der Waals surface area contributed by atoms with Gasteiger partial charge in [-0.15, -0.1) is 0 Å². The van der Waals surface area contributed by atoms with E-state index in [1.54, 1.807) is 24.0 Å². The zero-order valence-electron chi connectivity index (χ0n) is 15.4. The first kappa shape index (κ1) is 17.6. The molecule has 27 heavy (non-hydrogen) atoms. The Balaban J connectivity index is 1.53. The summed E-state index contributed by atoms with van der Waals surface area (Å²) >= 11 is 0. The third kappa shape index (κ3) is 3.30. The van der Waals surface area contributed by atoms with Gasteiger partial charge in [0.2, 0.25) is 11.7 Å². The molecule has 7 heteroatoms. The molecule has 3 aromatic rings. The summed E-state index contributed by atoms with van der Waals surface area (Å²) in [5.41, 5.74) is 4.00. The summed E-state index contributed by atoms with van der Waals surface area (Å²) in [6.07, 6.45) is 4.04. The van der Waals surface area contributed by atoms with Crippen LogP contribution in [0.15, 0.2) is 35.0 Å². The van der Waals surface area contributed by atoms with Crippen molar-refractivity contribution in [2.24, 2.45) is 7.05 Å². The van der Waals surface area contributed by atoms with Crippen molar-refractivity contribution in [2.75, 3.05) is 6.61 Å². The molecule has 0 saturated carbocycles. The number of Topliss-reactive ketones (excluding diaryl/α,β-unsaturated/α-hetero) is 1. The summed E-state index contributed by atoms with van der Waals surface area (Å²) < 4.78 is 6.87. The Kier molecular flexibility index (Phi) is 4.61. The summed E-state index contributed by atoms with van der Waals surface area (Å²) in [6, 6.07) is 7.90. The van der Waals surface area contributed by atoms with Crippen LogP contribution in [0.25, 0.3) is 11.4 Å². The lowest BCUT2D eigenvalue weighted by Crippen LogP contribution is -2.10. The third-order valence-corrected chi connectivity index (χ3v) is 5.28. The van der Waals surface area contributed by atoms with E-state index in [9.17, 15) is 9.90 Å². The van der Waals surface area contributed by atoms with Crippen molar-refractivity contribution in [1.29, 1.82) is 0 Å². The molecule has 1 aliphatic rings. The first-order valence-electron chi connectivity index (χ1n) is 9.15. The molecule has 140 valence electrons. The van der Waals surface area contributed by atoms with E-state index >= 15 is 0 Å². The second-order valence-electron chi connectivity index (χ2n) is 7.16. The highest BCUT2D eigenvalue weighted by Crippen LogP contribution is 2.38. The van der Waals surface area contributed by atoms with Gasteiger partial charge in [-0.05, 0) is 42.0 Å². The predicted octanol–water partition coefficient (Wildman–Crippen LogP) is 2.87. The molecular formula is C20H22N4O3. The molecule has 2 atom stereocenters. The number of hydrogen-bond acceptors (Lipinski definition) is 6. The van der Waals surface area contributed by atoms with Gasteiger partial charge < -0.3 is 9.63 Å². The van der Waals surface area contributed by atoms with Crippen molar-refractivity contribution in [2.45, 2.75) is 38.0 Å². The Labute approximate surface area is 157 Å². The lowest BCUT2D eigenvalue weighted by molar-refractivity contribution is 0.0964. The van der Waals surface area contributed by atoms with Crippen molar-refractivity contribution >= 4 is 5.78 Å². The Morgan fingerprint density at radius 3 is 3.00 bits per heavy atom. The van der Waals surface area contributed by atoms with E-state index in [0.29, 0.717) is 23.8 Å². The first-order valence-corrected chi connectivity index (χ1v) is 9.15. The molecule has 7 nitrogen and oxygen atoms in total. The fourth-order valence-corrected chi connectivity index (χ4v) is 3.66. The molecule has 0 aliphatic heterocycles. The molecule has 0 unspecified atom stereocenters. The third-order valence-electron chi connectivity index (χ3n) is 5.28. The average molecular weight is 366 g/mol. The number of ketones is 1. The molecule has 2 aromatic heterocycles. The Hall–Kier alpha value is -2.80. The number of aliphatic hydroxyl groups is 1. The number of nitrogens with zero attached hydrogens (tertiary/aromatic N) is 4. The van der Waals surface area contributed by atoms with Crippen LogP contribution in [0.3, 0.4) is 0 Å². The van der Waals surface area contributed by atoms with E-state index in [0.717, 1.165) is 18.4 Å². The van der Waals surface area contributed by atoms with Gasteiger partial charge in [0.1, 0.15) is 5.69 Å². The smallest absolute Gasteiger partial charge is 0.232 e. The van der Waals surface area contributed by atoms with Crippen LogP contribution in [0.5, 0.6) is 0 Å². The maximum absolute atomic E-state index is 12.6. The number of carbonyl (C=O) groups excluding carboxylic acids is 1. The fraction of sp³-hybridized carbons (Fsp3) is 0.400. The van der Waals surface area contributed by atoms with Crippen LogP contribution in [-0.2, 0) is 13.5 Å². The molecule has 0 fully saturated rings. The standard InChI is InChI=1S/C20H22N4O3/c1-12(11-25)20-22-19(23-27-20)15-5-6-16-13(9-15)3-4-14(16)10-18(26)17-7-8-21-24(17)2/h5-9,12,14,25H,3-4,10-11H2,1-2H3/t12-,14+/m1/s1. The SMILES string of the molecule is C[C@H](CO)c1nc(-c2ccc3c(c2)CC[C@H]3CC(=O)c2ccnn2C)no1. The molecule has 4 rings (SSSR count). The highest BCUT2D eigenvalue weighted by atomic mass is 16.5. The van der Waals surface area contributed by atoms with Crippen LogP contribution >= 0.6 is 0 Å². The van der Waals surface area contributed by atoms with Crippen LogP contribution in [0.1, 0.15) is 59.1 Å². The predicted molar refractivity (Wildman–Crippen MR) is 98.5 cm³/mol. The van der Waals surface area contributed by atoms with Crippen LogP contribution in [0.4, 0.5) is 0 Å².